The summed E-state index contributed by atoms with van der Waals surface area (Å²) >= 11 is 0. The molecule has 0 aliphatic rings. The van der Waals surface area contributed by atoms with Crippen molar-refractivity contribution < 1.29 is 0 Å². The molecule has 18 heavy (non-hydrogen) atoms. The summed E-state index contributed by atoms with van der Waals surface area (Å²) in [6.45, 7) is 8.13. The number of nitrogens with zero attached hydrogens (tertiary/aromatic N) is 3. The van der Waals surface area contributed by atoms with Crippen LogP contribution in [0.3, 0.4) is 0 Å². The van der Waals surface area contributed by atoms with Crippen LogP contribution in [0.2, 0.25) is 0 Å². The maximum atomic E-state index is 4.35. The highest BCUT2D eigenvalue weighted by atomic mass is 15.3. The van der Waals surface area contributed by atoms with Gasteiger partial charge in [-0.15, -0.1) is 0 Å². The average molecular weight is 244 g/mol. The lowest BCUT2D eigenvalue weighted by Gasteiger charge is -2.21. The van der Waals surface area contributed by atoms with E-state index in [0.717, 1.165) is 13.1 Å². The zero-order valence-corrected chi connectivity index (χ0v) is 11.2. The maximum absolute atomic E-state index is 4.35. The van der Waals surface area contributed by atoms with Crippen LogP contribution >= 0.6 is 0 Å². The molecule has 0 aliphatic heterocycles. The second-order valence-corrected chi connectivity index (χ2v) is 4.29. The number of pyridine rings is 1. The van der Waals surface area contributed by atoms with Gasteiger partial charge in [-0.25, -0.2) is 0 Å². The van der Waals surface area contributed by atoms with Crippen molar-refractivity contribution in [2.45, 2.75) is 33.4 Å². The van der Waals surface area contributed by atoms with Gasteiger partial charge in [-0.2, -0.15) is 5.10 Å². The summed E-state index contributed by atoms with van der Waals surface area (Å²) < 4.78 is 2.03. The highest BCUT2D eigenvalue weighted by Crippen LogP contribution is 2.23. The Balaban J connectivity index is 2.43. The van der Waals surface area contributed by atoms with Gasteiger partial charge in [0.25, 0.3) is 0 Å². The Morgan fingerprint density at radius 2 is 2.11 bits per heavy atom. The fourth-order valence-corrected chi connectivity index (χ4v) is 2.24. The third-order valence-corrected chi connectivity index (χ3v) is 3.13. The normalized spacial score (nSPS) is 12.6. The van der Waals surface area contributed by atoms with Crippen molar-refractivity contribution in [2.75, 3.05) is 6.54 Å². The molecule has 1 unspecified atom stereocenters. The van der Waals surface area contributed by atoms with Crippen molar-refractivity contribution in [3.63, 3.8) is 0 Å². The molecule has 0 saturated carbocycles. The summed E-state index contributed by atoms with van der Waals surface area (Å²) in [4.78, 5) is 4.16. The van der Waals surface area contributed by atoms with E-state index in [1.54, 1.807) is 0 Å². The lowest BCUT2D eigenvalue weighted by molar-refractivity contribution is 0.540. The van der Waals surface area contributed by atoms with E-state index in [9.17, 15) is 0 Å². The number of aryl methyl sites for hydroxylation is 2. The third kappa shape index (κ3) is 2.43. The first-order chi connectivity index (χ1) is 8.77. The van der Waals surface area contributed by atoms with Crippen molar-refractivity contribution in [2.24, 2.45) is 0 Å². The van der Waals surface area contributed by atoms with Crippen molar-refractivity contribution in [3.8, 4) is 0 Å². The SMILES string of the molecule is CCNC(c1ccncc1C)c1ccnn1CC. The molecule has 2 heterocycles. The van der Waals surface area contributed by atoms with Gasteiger partial charge in [0.15, 0.2) is 0 Å². The Morgan fingerprint density at radius 1 is 1.28 bits per heavy atom. The molecule has 0 aromatic carbocycles. The number of aromatic nitrogens is 3. The molecular formula is C14H20N4. The van der Waals surface area contributed by atoms with Crippen LogP contribution in [0.1, 0.15) is 36.7 Å². The molecule has 0 spiro atoms. The molecule has 4 nitrogen and oxygen atoms in total. The molecule has 0 saturated heterocycles. The minimum absolute atomic E-state index is 0.181. The van der Waals surface area contributed by atoms with E-state index in [4.69, 9.17) is 0 Å². The zero-order chi connectivity index (χ0) is 13.0. The zero-order valence-electron chi connectivity index (χ0n) is 11.2. The van der Waals surface area contributed by atoms with Crippen LogP contribution in [0.5, 0.6) is 0 Å². The largest absolute Gasteiger partial charge is 0.305 e. The summed E-state index contributed by atoms with van der Waals surface area (Å²) in [7, 11) is 0. The monoisotopic (exact) mass is 244 g/mol. The summed E-state index contributed by atoms with van der Waals surface area (Å²) in [6, 6.07) is 4.34. The van der Waals surface area contributed by atoms with Gasteiger partial charge >= 0.3 is 0 Å². The Bertz CT molecular complexity index is 504. The van der Waals surface area contributed by atoms with Gasteiger partial charge in [0.05, 0.1) is 11.7 Å². The lowest BCUT2D eigenvalue weighted by atomic mass is 10.0. The first-order valence-corrected chi connectivity index (χ1v) is 6.43. The minimum atomic E-state index is 0.181. The average Bonchev–Trinajstić information content (AvgIpc) is 2.85. The predicted octanol–water partition coefficient (Wildman–Crippen LogP) is 2.31. The summed E-state index contributed by atoms with van der Waals surface area (Å²) in [5.41, 5.74) is 3.67. The molecule has 2 aromatic rings. The first kappa shape index (κ1) is 12.8. The van der Waals surface area contributed by atoms with Gasteiger partial charge < -0.3 is 5.32 Å². The van der Waals surface area contributed by atoms with Gasteiger partial charge in [0.1, 0.15) is 0 Å². The Labute approximate surface area is 108 Å². The van der Waals surface area contributed by atoms with E-state index in [0.29, 0.717) is 0 Å². The van der Waals surface area contributed by atoms with E-state index < -0.39 is 0 Å². The lowest BCUT2D eigenvalue weighted by Crippen LogP contribution is -2.25. The Hall–Kier alpha value is -1.68. The number of hydrogen-bond donors (Lipinski definition) is 1. The van der Waals surface area contributed by atoms with E-state index >= 15 is 0 Å². The Morgan fingerprint density at radius 3 is 2.78 bits per heavy atom. The van der Waals surface area contributed by atoms with Gasteiger partial charge in [-0.05, 0) is 43.7 Å². The van der Waals surface area contributed by atoms with Crippen molar-refractivity contribution >= 4 is 0 Å². The van der Waals surface area contributed by atoms with Gasteiger partial charge in [0.2, 0.25) is 0 Å². The molecule has 0 aliphatic carbocycles. The van der Waals surface area contributed by atoms with Crippen LogP contribution in [0.15, 0.2) is 30.7 Å². The smallest absolute Gasteiger partial charge is 0.0751 e. The van der Waals surface area contributed by atoms with Gasteiger partial charge in [-0.1, -0.05) is 6.92 Å². The summed E-state index contributed by atoms with van der Waals surface area (Å²) in [5.74, 6) is 0. The topological polar surface area (TPSA) is 42.7 Å². The maximum Gasteiger partial charge on any atom is 0.0751 e. The molecule has 1 atom stereocenters. The molecule has 2 rings (SSSR count). The molecule has 0 bridgehead atoms. The predicted molar refractivity (Wildman–Crippen MR) is 72.4 cm³/mol. The second-order valence-electron chi connectivity index (χ2n) is 4.29. The fraction of sp³-hybridized carbons (Fsp3) is 0.429. The van der Waals surface area contributed by atoms with Crippen LogP contribution in [-0.2, 0) is 6.54 Å². The first-order valence-electron chi connectivity index (χ1n) is 6.43. The van der Waals surface area contributed by atoms with Crippen LogP contribution in [0.4, 0.5) is 0 Å². The van der Waals surface area contributed by atoms with Crippen molar-refractivity contribution in [3.05, 3.63) is 47.5 Å². The van der Waals surface area contributed by atoms with Crippen molar-refractivity contribution in [1.82, 2.24) is 20.1 Å². The summed E-state index contributed by atoms with van der Waals surface area (Å²) in [6.07, 6.45) is 5.62. The molecular weight excluding hydrogens is 224 g/mol. The number of hydrogen-bond acceptors (Lipinski definition) is 3. The van der Waals surface area contributed by atoms with Crippen molar-refractivity contribution in [1.29, 1.82) is 0 Å². The quantitative estimate of drug-likeness (QED) is 0.877. The number of nitrogens with one attached hydrogen (secondary N) is 1. The van der Waals surface area contributed by atoms with Gasteiger partial charge in [0, 0.05) is 25.1 Å². The highest BCUT2D eigenvalue weighted by Gasteiger charge is 2.18. The standard InChI is InChI=1S/C14H20N4/c1-4-16-14(12-6-8-15-10-11(12)3)13-7-9-17-18(13)5-2/h6-10,14,16H,4-5H2,1-3H3. The van der Waals surface area contributed by atoms with Crippen LogP contribution in [0.25, 0.3) is 0 Å². The highest BCUT2D eigenvalue weighted by molar-refractivity contribution is 5.32. The molecule has 4 heteroatoms. The third-order valence-electron chi connectivity index (χ3n) is 3.13. The minimum Gasteiger partial charge on any atom is -0.305 e. The molecule has 96 valence electrons. The second kappa shape index (κ2) is 5.78. The van der Waals surface area contributed by atoms with Crippen LogP contribution in [-0.4, -0.2) is 21.3 Å². The van der Waals surface area contributed by atoms with Crippen LogP contribution < -0.4 is 5.32 Å². The molecule has 0 fully saturated rings. The van der Waals surface area contributed by atoms with E-state index in [-0.39, 0.29) is 6.04 Å². The molecule has 1 N–H and O–H groups in total. The van der Waals surface area contributed by atoms with Crippen LogP contribution in [0, 0.1) is 6.92 Å². The summed E-state index contributed by atoms with van der Waals surface area (Å²) in [5, 5.41) is 7.88. The van der Waals surface area contributed by atoms with E-state index in [2.05, 4.69) is 48.3 Å². The number of rotatable bonds is 5. The van der Waals surface area contributed by atoms with Gasteiger partial charge in [-0.3, -0.25) is 9.67 Å². The molecule has 2 aromatic heterocycles. The fourth-order valence-electron chi connectivity index (χ4n) is 2.24. The van der Waals surface area contributed by atoms with E-state index in [1.165, 1.54) is 16.8 Å². The Kier molecular flexibility index (Phi) is 4.10. The molecule has 0 radical (unpaired) electrons. The van der Waals surface area contributed by atoms with E-state index in [1.807, 2.05) is 23.3 Å². The molecule has 0 amide bonds.